The third kappa shape index (κ3) is 3.59. The number of carbonyl (C=O) groups excluding carboxylic acids is 1. The van der Waals surface area contributed by atoms with Crippen LogP contribution in [0.5, 0.6) is 0 Å². The topological polar surface area (TPSA) is 74.5 Å². The third-order valence-electron chi connectivity index (χ3n) is 3.56. The van der Waals surface area contributed by atoms with Crippen LogP contribution in [-0.4, -0.2) is 54.4 Å². The summed E-state index contributed by atoms with van der Waals surface area (Å²) >= 11 is 5.88. The number of hydrogen-bond acceptors (Lipinski definition) is 5. The lowest BCUT2D eigenvalue weighted by Gasteiger charge is -2.21. The van der Waals surface area contributed by atoms with E-state index in [1.165, 1.54) is 0 Å². The molecule has 0 bridgehead atoms. The molecule has 2 rings (SSSR count). The first-order chi connectivity index (χ1) is 9.49. The van der Waals surface area contributed by atoms with Gasteiger partial charge in [-0.2, -0.15) is 0 Å². The summed E-state index contributed by atoms with van der Waals surface area (Å²) in [4.78, 5) is 20.4. The van der Waals surface area contributed by atoms with Gasteiger partial charge in [-0.3, -0.25) is 4.79 Å². The SMILES string of the molecule is CN1CCC(CN(C)C(=O)c2cc(Cl)nc(NN)c2)C1. The lowest BCUT2D eigenvalue weighted by Crippen LogP contribution is -2.33. The molecule has 0 spiro atoms. The number of hydrogen-bond donors (Lipinski definition) is 2. The summed E-state index contributed by atoms with van der Waals surface area (Å²) in [5.74, 6) is 6.15. The van der Waals surface area contributed by atoms with Crippen molar-refractivity contribution >= 4 is 23.3 Å². The van der Waals surface area contributed by atoms with Crippen molar-refractivity contribution in [3.8, 4) is 0 Å². The number of likely N-dealkylation sites (tertiary alicyclic amines) is 1. The predicted molar refractivity (Wildman–Crippen MR) is 79.6 cm³/mol. The molecule has 1 aromatic rings. The Labute approximate surface area is 123 Å². The van der Waals surface area contributed by atoms with E-state index < -0.39 is 0 Å². The van der Waals surface area contributed by atoms with Crippen LogP contribution in [0.3, 0.4) is 0 Å². The number of amides is 1. The van der Waals surface area contributed by atoms with E-state index in [-0.39, 0.29) is 11.1 Å². The van der Waals surface area contributed by atoms with Crippen molar-refractivity contribution in [3.05, 3.63) is 22.8 Å². The monoisotopic (exact) mass is 297 g/mol. The van der Waals surface area contributed by atoms with Crippen molar-refractivity contribution in [2.24, 2.45) is 11.8 Å². The lowest BCUT2D eigenvalue weighted by molar-refractivity contribution is 0.0774. The number of nitrogens with zero attached hydrogens (tertiary/aromatic N) is 3. The highest BCUT2D eigenvalue weighted by Crippen LogP contribution is 2.18. The summed E-state index contributed by atoms with van der Waals surface area (Å²) in [6.45, 7) is 2.87. The van der Waals surface area contributed by atoms with E-state index in [0.29, 0.717) is 17.3 Å². The Morgan fingerprint density at radius 2 is 2.40 bits per heavy atom. The minimum atomic E-state index is -0.0691. The highest BCUT2D eigenvalue weighted by atomic mass is 35.5. The number of nitrogens with one attached hydrogen (secondary N) is 1. The molecule has 20 heavy (non-hydrogen) atoms. The molecule has 6 nitrogen and oxygen atoms in total. The minimum absolute atomic E-state index is 0.0691. The molecule has 0 radical (unpaired) electrons. The summed E-state index contributed by atoms with van der Waals surface area (Å²) in [6, 6.07) is 3.16. The van der Waals surface area contributed by atoms with Crippen LogP contribution in [0.25, 0.3) is 0 Å². The van der Waals surface area contributed by atoms with Gasteiger partial charge in [0.05, 0.1) is 0 Å². The maximum Gasteiger partial charge on any atom is 0.253 e. The zero-order chi connectivity index (χ0) is 14.7. The Morgan fingerprint density at radius 3 is 3.00 bits per heavy atom. The van der Waals surface area contributed by atoms with Crippen LogP contribution >= 0.6 is 11.6 Å². The Bertz CT molecular complexity index is 496. The standard InChI is InChI=1S/C13H20ClN5O/c1-18-4-3-9(7-18)8-19(2)13(20)10-5-11(14)16-12(6-10)17-15/h5-6,9H,3-4,7-8,15H2,1-2H3,(H,16,17). The van der Waals surface area contributed by atoms with Gasteiger partial charge in [0.2, 0.25) is 0 Å². The van der Waals surface area contributed by atoms with E-state index in [0.717, 1.165) is 26.1 Å². The van der Waals surface area contributed by atoms with E-state index >= 15 is 0 Å². The van der Waals surface area contributed by atoms with Crippen molar-refractivity contribution in [1.29, 1.82) is 0 Å². The van der Waals surface area contributed by atoms with Gasteiger partial charge in [-0.25, -0.2) is 10.8 Å². The number of anilines is 1. The molecular formula is C13H20ClN5O. The van der Waals surface area contributed by atoms with Gasteiger partial charge in [0.1, 0.15) is 11.0 Å². The Kier molecular flexibility index (Phi) is 4.80. The maximum atomic E-state index is 12.4. The number of pyridine rings is 1. The average Bonchev–Trinajstić information content (AvgIpc) is 2.82. The molecule has 1 unspecified atom stereocenters. The largest absolute Gasteiger partial charge is 0.341 e. The number of hydrazine groups is 1. The second kappa shape index (κ2) is 6.39. The molecule has 1 amide bonds. The molecule has 110 valence electrons. The van der Waals surface area contributed by atoms with Crippen molar-refractivity contribution < 1.29 is 4.79 Å². The van der Waals surface area contributed by atoms with Gasteiger partial charge in [-0.1, -0.05) is 11.6 Å². The lowest BCUT2D eigenvalue weighted by atomic mass is 10.1. The molecule has 1 fully saturated rings. The van der Waals surface area contributed by atoms with Crippen molar-refractivity contribution in [2.45, 2.75) is 6.42 Å². The molecule has 0 aromatic carbocycles. The average molecular weight is 298 g/mol. The van der Waals surface area contributed by atoms with E-state index in [4.69, 9.17) is 17.4 Å². The molecule has 7 heteroatoms. The van der Waals surface area contributed by atoms with E-state index in [9.17, 15) is 4.79 Å². The van der Waals surface area contributed by atoms with Crippen molar-refractivity contribution in [1.82, 2.24) is 14.8 Å². The molecule has 0 saturated carbocycles. The number of carbonyl (C=O) groups is 1. The maximum absolute atomic E-state index is 12.4. The normalized spacial score (nSPS) is 19.1. The third-order valence-corrected chi connectivity index (χ3v) is 3.75. The summed E-state index contributed by atoms with van der Waals surface area (Å²) < 4.78 is 0. The molecule has 1 aromatic heterocycles. The molecule has 1 saturated heterocycles. The van der Waals surface area contributed by atoms with Gasteiger partial charge in [0, 0.05) is 25.7 Å². The van der Waals surface area contributed by atoms with E-state index in [1.807, 2.05) is 7.05 Å². The molecule has 3 N–H and O–H groups in total. The van der Waals surface area contributed by atoms with Gasteiger partial charge in [0.15, 0.2) is 0 Å². The molecule has 1 atom stereocenters. The minimum Gasteiger partial charge on any atom is -0.341 e. The first-order valence-electron chi connectivity index (χ1n) is 6.58. The van der Waals surface area contributed by atoms with Crippen LogP contribution in [0.4, 0.5) is 5.82 Å². The molecule has 1 aliphatic heterocycles. The summed E-state index contributed by atoms with van der Waals surface area (Å²) in [5.41, 5.74) is 2.90. The summed E-state index contributed by atoms with van der Waals surface area (Å²) in [5, 5.41) is 0.248. The number of aromatic nitrogens is 1. The van der Waals surface area contributed by atoms with Crippen LogP contribution in [-0.2, 0) is 0 Å². The number of halogens is 1. The van der Waals surface area contributed by atoms with Gasteiger partial charge >= 0.3 is 0 Å². The van der Waals surface area contributed by atoms with Gasteiger partial charge in [0.25, 0.3) is 5.91 Å². The van der Waals surface area contributed by atoms with Crippen LogP contribution in [0.1, 0.15) is 16.8 Å². The fourth-order valence-electron chi connectivity index (χ4n) is 2.56. The first kappa shape index (κ1) is 15.0. The van der Waals surface area contributed by atoms with E-state index in [1.54, 1.807) is 17.0 Å². The fraction of sp³-hybridized carbons (Fsp3) is 0.538. The fourth-order valence-corrected chi connectivity index (χ4v) is 2.77. The molecule has 2 heterocycles. The Morgan fingerprint density at radius 1 is 1.65 bits per heavy atom. The number of nitrogens with two attached hydrogens (primary N) is 1. The summed E-state index contributed by atoms with van der Waals surface area (Å²) in [7, 11) is 3.91. The quantitative estimate of drug-likeness (QED) is 0.493. The van der Waals surface area contributed by atoms with Crippen molar-refractivity contribution in [3.63, 3.8) is 0 Å². The zero-order valence-corrected chi connectivity index (χ0v) is 12.5. The molecule has 1 aliphatic rings. The smallest absolute Gasteiger partial charge is 0.253 e. The van der Waals surface area contributed by atoms with Crippen LogP contribution in [0, 0.1) is 5.92 Å². The van der Waals surface area contributed by atoms with Crippen LogP contribution in [0.2, 0.25) is 5.15 Å². The Balaban J connectivity index is 2.04. The molecule has 0 aliphatic carbocycles. The first-order valence-corrected chi connectivity index (χ1v) is 6.95. The second-order valence-electron chi connectivity index (χ2n) is 5.31. The van der Waals surface area contributed by atoms with Gasteiger partial charge in [-0.15, -0.1) is 0 Å². The van der Waals surface area contributed by atoms with E-state index in [2.05, 4.69) is 22.4 Å². The zero-order valence-electron chi connectivity index (χ0n) is 11.8. The summed E-state index contributed by atoms with van der Waals surface area (Å²) in [6.07, 6.45) is 1.13. The van der Waals surface area contributed by atoms with Gasteiger partial charge in [-0.05, 0) is 38.1 Å². The van der Waals surface area contributed by atoms with Crippen LogP contribution < -0.4 is 11.3 Å². The number of nitrogen functional groups attached to an aromatic ring is 1. The van der Waals surface area contributed by atoms with Gasteiger partial charge < -0.3 is 15.2 Å². The molecular weight excluding hydrogens is 278 g/mol. The highest BCUT2D eigenvalue weighted by molar-refractivity contribution is 6.29. The number of rotatable bonds is 4. The van der Waals surface area contributed by atoms with Crippen molar-refractivity contribution in [2.75, 3.05) is 39.2 Å². The highest BCUT2D eigenvalue weighted by Gasteiger charge is 2.23. The predicted octanol–water partition coefficient (Wildman–Crippen LogP) is 1.04. The Hall–Kier alpha value is -1.37. The second-order valence-corrected chi connectivity index (χ2v) is 5.70. The van der Waals surface area contributed by atoms with Crippen LogP contribution in [0.15, 0.2) is 12.1 Å².